The summed E-state index contributed by atoms with van der Waals surface area (Å²) >= 11 is 0. The summed E-state index contributed by atoms with van der Waals surface area (Å²) in [7, 11) is 0. The van der Waals surface area contributed by atoms with Crippen LogP contribution in [0.15, 0.2) is 23.9 Å². The maximum atomic E-state index is 12.7. The second-order valence-corrected chi connectivity index (χ2v) is 7.15. The zero-order valence-corrected chi connectivity index (χ0v) is 14.0. The number of aromatic nitrogens is 2. The third kappa shape index (κ3) is 2.79. The van der Waals surface area contributed by atoms with Crippen molar-refractivity contribution in [1.82, 2.24) is 14.9 Å². The van der Waals surface area contributed by atoms with Gasteiger partial charge in [0.25, 0.3) is 0 Å². The Kier molecular flexibility index (Phi) is 4.00. The van der Waals surface area contributed by atoms with Crippen LogP contribution in [0.3, 0.4) is 0 Å². The van der Waals surface area contributed by atoms with E-state index in [0.29, 0.717) is 38.3 Å². The van der Waals surface area contributed by atoms with Crippen LogP contribution in [0.25, 0.3) is 0 Å². The molecule has 1 aliphatic carbocycles. The van der Waals surface area contributed by atoms with Crippen LogP contribution >= 0.6 is 0 Å². The van der Waals surface area contributed by atoms with E-state index in [1.54, 1.807) is 6.20 Å². The van der Waals surface area contributed by atoms with E-state index in [0.717, 1.165) is 37.1 Å². The highest BCUT2D eigenvalue weighted by Crippen LogP contribution is 2.42. The molecule has 3 heterocycles. The van der Waals surface area contributed by atoms with Gasteiger partial charge in [-0.2, -0.15) is 0 Å². The van der Waals surface area contributed by atoms with Crippen LogP contribution in [0.4, 0.5) is 0 Å². The first-order valence-electron chi connectivity index (χ1n) is 8.65. The van der Waals surface area contributed by atoms with Gasteiger partial charge in [0.15, 0.2) is 0 Å². The average molecular weight is 329 g/mol. The summed E-state index contributed by atoms with van der Waals surface area (Å²) in [6.07, 6.45) is 6.84. The van der Waals surface area contributed by atoms with Crippen LogP contribution < -0.4 is 4.74 Å². The van der Waals surface area contributed by atoms with Gasteiger partial charge in [-0.15, -0.1) is 0 Å². The van der Waals surface area contributed by atoms with Gasteiger partial charge in [0, 0.05) is 36.5 Å². The molecule has 2 fully saturated rings. The van der Waals surface area contributed by atoms with Crippen LogP contribution in [0, 0.1) is 18.3 Å². The molecule has 1 aromatic heterocycles. The number of amides is 1. The Bertz CT molecular complexity index is 675. The largest absolute Gasteiger partial charge is 0.463 e. The van der Waals surface area contributed by atoms with Gasteiger partial charge in [-0.05, 0) is 32.3 Å². The Morgan fingerprint density at radius 1 is 1.54 bits per heavy atom. The molecular formula is C18H23N3O3. The molecule has 0 bridgehead atoms. The number of hydrogen-bond donors (Lipinski definition) is 0. The first-order valence-corrected chi connectivity index (χ1v) is 8.65. The van der Waals surface area contributed by atoms with Gasteiger partial charge in [-0.1, -0.05) is 6.08 Å². The molecule has 128 valence electrons. The lowest BCUT2D eigenvalue weighted by atomic mass is 9.82. The molecular weight excluding hydrogens is 306 g/mol. The smallest absolute Gasteiger partial charge is 0.316 e. The van der Waals surface area contributed by atoms with Gasteiger partial charge in [0.2, 0.25) is 5.91 Å². The predicted molar refractivity (Wildman–Crippen MR) is 87.5 cm³/mol. The molecule has 0 unspecified atom stereocenters. The Labute approximate surface area is 141 Å². The molecule has 0 aromatic carbocycles. The van der Waals surface area contributed by atoms with E-state index in [-0.39, 0.29) is 11.3 Å². The molecule has 24 heavy (non-hydrogen) atoms. The fraction of sp³-hybridized carbons (Fsp3) is 0.611. The monoisotopic (exact) mass is 329 g/mol. The Balaban J connectivity index is 1.45. The Morgan fingerprint density at radius 3 is 3.25 bits per heavy atom. The summed E-state index contributed by atoms with van der Waals surface area (Å²) in [5.74, 6) is 0.529. The Hall–Kier alpha value is -1.95. The number of carbonyl (C=O) groups excluding carboxylic acids is 1. The van der Waals surface area contributed by atoms with Crippen molar-refractivity contribution in [3.8, 4) is 6.01 Å². The minimum absolute atomic E-state index is 0.137. The molecule has 6 nitrogen and oxygen atoms in total. The number of likely N-dealkylation sites (tertiary alicyclic amines) is 1. The molecule has 0 N–H and O–H groups in total. The maximum Gasteiger partial charge on any atom is 0.316 e. The molecule has 0 saturated carbocycles. The summed E-state index contributed by atoms with van der Waals surface area (Å²) in [4.78, 5) is 23.1. The molecule has 1 amide bonds. The van der Waals surface area contributed by atoms with Gasteiger partial charge < -0.3 is 14.4 Å². The SMILES string of the molecule is Cc1ccnc(OC[C@]23COC[C@H]2CN(C(=O)C2=CCCC2)C3)n1. The van der Waals surface area contributed by atoms with E-state index in [2.05, 4.69) is 16.0 Å². The molecule has 2 saturated heterocycles. The average Bonchev–Trinajstić information content (AvgIpc) is 3.28. The van der Waals surface area contributed by atoms with Crippen molar-refractivity contribution in [3.63, 3.8) is 0 Å². The van der Waals surface area contributed by atoms with Crippen LogP contribution in [-0.2, 0) is 9.53 Å². The number of hydrogen-bond acceptors (Lipinski definition) is 5. The minimum Gasteiger partial charge on any atom is -0.463 e. The van der Waals surface area contributed by atoms with E-state index in [9.17, 15) is 4.79 Å². The predicted octanol–water partition coefficient (Wildman–Crippen LogP) is 1.75. The molecule has 1 aromatic rings. The number of rotatable bonds is 4. The summed E-state index contributed by atoms with van der Waals surface area (Å²) in [5, 5.41) is 0. The second-order valence-electron chi connectivity index (χ2n) is 7.15. The molecule has 0 spiro atoms. The molecule has 2 atom stereocenters. The number of ether oxygens (including phenoxy) is 2. The highest BCUT2D eigenvalue weighted by atomic mass is 16.5. The van der Waals surface area contributed by atoms with E-state index in [4.69, 9.17) is 9.47 Å². The zero-order valence-electron chi connectivity index (χ0n) is 14.0. The number of aryl methyl sites for hydroxylation is 1. The van der Waals surface area contributed by atoms with Crippen molar-refractivity contribution in [2.75, 3.05) is 32.9 Å². The molecule has 6 heteroatoms. The number of fused-ring (bicyclic) bond motifs is 1. The van der Waals surface area contributed by atoms with Gasteiger partial charge >= 0.3 is 6.01 Å². The summed E-state index contributed by atoms with van der Waals surface area (Å²) < 4.78 is 11.6. The van der Waals surface area contributed by atoms with Crippen molar-refractivity contribution < 1.29 is 14.3 Å². The fourth-order valence-electron chi connectivity index (χ4n) is 3.96. The molecule has 0 radical (unpaired) electrons. The van der Waals surface area contributed by atoms with E-state index in [1.807, 2.05) is 17.9 Å². The highest BCUT2D eigenvalue weighted by molar-refractivity contribution is 5.94. The van der Waals surface area contributed by atoms with Crippen LogP contribution in [0.5, 0.6) is 6.01 Å². The summed E-state index contributed by atoms with van der Waals surface area (Å²) in [6, 6.07) is 2.25. The lowest BCUT2D eigenvalue weighted by molar-refractivity contribution is -0.127. The molecule has 4 rings (SSSR count). The second kappa shape index (κ2) is 6.16. The van der Waals surface area contributed by atoms with E-state index < -0.39 is 0 Å². The van der Waals surface area contributed by atoms with Gasteiger partial charge in [-0.25, -0.2) is 9.97 Å². The quantitative estimate of drug-likeness (QED) is 0.842. The lowest BCUT2D eigenvalue weighted by Gasteiger charge is -2.26. The fourth-order valence-corrected chi connectivity index (χ4v) is 3.96. The lowest BCUT2D eigenvalue weighted by Crippen LogP contribution is -2.38. The van der Waals surface area contributed by atoms with Crippen LogP contribution in [0.1, 0.15) is 25.0 Å². The number of carbonyl (C=O) groups is 1. The van der Waals surface area contributed by atoms with E-state index >= 15 is 0 Å². The molecule has 3 aliphatic rings. The Morgan fingerprint density at radius 2 is 2.46 bits per heavy atom. The first kappa shape index (κ1) is 15.6. The van der Waals surface area contributed by atoms with Crippen LogP contribution in [0.2, 0.25) is 0 Å². The van der Waals surface area contributed by atoms with Crippen molar-refractivity contribution >= 4 is 5.91 Å². The van der Waals surface area contributed by atoms with Gasteiger partial charge in [-0.3, -0.25) is 4.79 Å². The first-order chi connectivity index (χ1) is 11.7. The third-order valence-electron chi connectivity index (χ3n) is 5.39. The number of allylic oxidation sites excluding steroid dienone is 1. The van der Waals surface area contributed by atoms with Crippen molar-refractivity contribution in [1.29, 1.82) is 0 Å². The van der Waals surface area contributed by atoms with Crippen molar-refractivity contribution in [3.05, 3.63) is 29.6 Å². The highest BCUT2D eigenvalue weighted by Gasteiger charge is 2.52. The van der Waals surface area contributed by atoms with Gasteiger partial charge in [0.05, 0.1) is 18.6 Å². The summed E-state index contributed by atoms with van der Waals surface area (Å²) in [6.45, 7) is 5.19. The third-order valence-corrected chi connectivity index (χ3v) is 5.39. The standard InChI is InChI=1S/C18H23N3O3/c1-13-6-7-19-17(20-13)24-12-18-10-21(8-15(18)9-23-11-18)16(22)14-4-2-3-5-14/h4,6-7,15H,2-3,5,8-12H2,1H3/t15-,18+/m1/s1. The van der Waals surface area contributed by atoms with Crippen molar-refractivity contribution in [2.45, 2.75) is 26.2 Å². The summed E-state index contributed by atoms with van der Waals surface area (Å²) in [5.41, 5.74) is 1.73. The normalized spacial score (nSPS) is 28.8. The van der Waals surface area contributed by atoms with Crippen molar-refractivity contribution in [2.24, 2.45) is 11.3 Å². The van der Waals surface area contributed by atoms with Gasteiger partial charge in [0.1, 0.15) is 6.61 Å². The maximum absolute atomic E-state index is 12.7. The number of nitrogens with zero attached hydrogens (tertiary/aromatic N) is 3. The molecule has 2 aliphatic heterocycles. The zero-order chi connectivity index (χ0) is 16.6. The topological polar surface area (TPSA) is 64.6 Å². The van der Waals surface area contributed by atoms with E-state index in [1.165, 1.54) is 0 Å². The van der Waals surface area contributed by atoms with Crippen LogP contribution in [-0.4, -0.2) is 53.7 Å². The minimum atomic E-state index is -0.137.